The monoisotopic (exact) mass is 203 g/mol. The Morgan fingerprint density at radius 2 is 1.36 bits per heavy atom. The van der Waals surface area contributed by atoms with Crippen LogP contribution in [0.5, 0.6) is 0 Å². The number of quaternary nitrogens is 1. The highest BCUT2D eigenvalue weighted by molar-refractivity contribution is 5.87. The largest absolute Gasteiger partial charge is 1.00 e. The van der Waals surface area contributed by atoms with Crippen LogP contribution in [0.1, 0.15) is 8.35 Å². The lowest BCUT2D eigenvalue weighted by molar-refractivity contribution is -0.868. The molecule has 0 aliphatic rings. The van der Waals surface area contributed by atoms with Crippen molar-refractivity contribution in [3.05, 3.63) is 12.2 Å². The van der Waals surface area contributed by atoms with Gasteiger partial charge in [-0.05, 0) is 19.1 Å². The average Bonchev–Trinajstić information content (AvgIpc) is 2.01. The minimum absolute atomic E-state index is 0. The van der Waals surface area contributed by atoms with Crippen molar-refractivity contribution in [1.82, 2.24) is 0 Å². The Bertz CT molecular complexity index is 205. The lowest BCUT2D eigenvalue weighted by atomic mass is 10.5. The molecule has 0 spiro atoms. The lowest BCUT2D eigenvalue weighted by Crippen LogP contribution is -2.33. The summed E-state index contributed by atoms with van der Waals surface area (Å²) in [7, 11) is 6.54. The Balaban J connectivity index is -0.000000187. The fraction of sp³-hybridized carbons (Fsp3) is 0.556. The third-order valence-electron chi connectivity index (χ3n) is 1.30. The van der Waals surface area contributed by atoms with Gasteiger partial charge in [0, 0.05) is 0 Å². The second kappa shape index (κ2) is 7.08. The Kier molecular flexibility index (Phi) is 7.65. The first-order chi connectivity index (χ1) is 6.19. The van der Waals surface area contributed by atoms with E-state index >= 15 is 0 Å². The number of carbonyl (C=O) groups excluding carboxylic acids is 2. The second-order valence-corrected chi connectivity index (χ2v) is 3.58. The van der Waals surface area contributed by atoms with Gasteiger partial charge in [-0.1, -0.05) is 0 Å². The molecule has 5 heteroatoms. The van der Waals surface area contributed by atoms with E-state index in [0.717, 1.165) is 4.48 Å². The molecule has 0 amide bonds. The van der Waals surface area contributed by atoms with Gasteiger partial charge < -0.3 is 24.3 Å². The van der Waals surface area contributed by atoms with Crippen LogP contribution in [0.15, 0.2) is 12.2 Å². The minimum Gasteiger partial charge on any atom is -0.545 e. The number of carbonyl (C=O) groups is 2. The number of carboxylic acid groups (broad SMARTS) is 2. The normalized spacial score (nSPS) is 10.6. The van der Waals surface area contributed by atoms with Gasteiger partial charge in [0.1, 0.15) is 0 Å². The van der Waals surface area contributed by atoms with Crippen LogP contribution in [0.2, 0.25) is 0 Å². The molecule has 0 heterocycles. The molecule has 82 valence electrons. The highest BCUT2D eigenvalue weighted by atomic mass is 16.4. The summed E-state index contributed by atoms with van der Waals surface area (Å²) < 4.78 is 1.07. The van der Waals surface area contributed by atoms with Crippen LogP contribution in [0.25, 0.3) is 0 Å². The smallest absolute Gasteiger partial charge is 0.545 e. The quantitative estimate of drug-likeness (QED) is 0.387. The first-order valence-electron chi connectivity index (χ1n) is 4.09. The van der Waals surface area contributed by atoms with Crippen LogP contribution >= 0.6 is 0 Å². The Hall–Kier alpha value is -1.36. The van der Waals surface area contributed by atoms with Gasteiger partial charge in [-0.3, -0.25) is 0 Å². The zero-order chi connectivity index (χ0) is 11.8. The summed E-state index contributed by atoms with van der Waals surface area (Å²) >= 11 is 0. The topological polar surface area (TPSA) is 80.3 Å². The van der Waals surface area contributed by atoms with Crippen molar-refractivity contribution in [2.45, 2.75) is 6.92 Å². The van der Waals surface area contributed by atoms with Crippen LogP contribution in [-0.2, 0) is 9.59 Å². The van der Waals surface area contributed by atoms with E-state index in [4.69, 9.17) is 0 Å². The van der Waals surface area contributed by atoms with Crippen LogP contribution < -0.4 is 10.2 Å². The van der Waals surface area contributed by atoms with E-state index in [9.17, 15) is 19.8 Å². The van der Waals surface area contributed by atoms with Gasteiger partial charge in [0.2, 0.25) is 0 Å². The van der Waals surface area contributed by atoms with Crippen LogP contribution in [-0.4, -0.2) is 44.1 Å². The summed E-state index contributed by atoms with van der Waals surface area (Å²) in [5.74, 6) is -3.09. The molecule has 14 heavy (non-hydrogen) atoms. The molecule has 0 aromatic rings. The van der Waals surface area contributed by atoms with Gasteiger partial charge in [0.05, 0.1) is 39.6 Å². The first-order valence-corrected chi connectivity index (χ1v) is 4.09. The van der Waals surface area contributed by atoms with Crippen LogP contribution in [0.4, 0.5) is 0 Å². The third kappa shape index (κ3) is 22.4. The predicted octanol–water partition coefficient (Wildman–Crippen LogP) is -2.13. The fourth-order valence-electron chi connectivity index (χ4n) is 0.136. The van der Waals surface area contributed by atoms with Crippen molar-refractivity contribution >= 4 is 11.9 Å². The maximum atomic E-state index is 9.41. The van der Waals surface area contributed by atoms with E-state index in [1.165, 1.54) is 6.54 Å². The van der Waals surface area contributed by atoms with E-state index in [1.807, 2.05) is 0 Å². The van der Waals surface area contributed by atoms with Gasteiger partial charge in [0.15, 0.2) is 0 Å². The Morgan fingerprint density at radius 3 is 1.43 bits per heavy atom. The predicted molar refractivity (Wildman–Crippen MR) is 48.8 cm³/mol. The zero-order valence-corrected chi connectivity index (χ0v) is 8.94. The van der Waals surface area contributed by atoms with Crippen LogP contribution in [0.3, 0.4) is 0 Å². The summed E-state index contributed by atoms with van der Waals surface area (Å²) in [5, 5.41) is 18.8. The number of aliphatic carboxylic acids is 2. The molecule has 5 nitrogen and oxygen atoms in total. The standard InChI is InChI=1S/C5H14N.C4H4O4/c1-5-6(2,3)4;5-3(6)1-2-4(7)8/h5H2,1-4H3;1-2H,(H,5,6)(H,7,8)/q+1;/p-1/b;2-1+. The van der Waals surface area contributed by atoms with Gasteiger partial charge >= 0.3 is 1.43 Å². The molecule has 0 fully saturated rings. The maximum absolute atomic E-state index is 9.41. The van der Waals surface area contributed by atoms with Crippen molar-refractivity contribution in [2.24, 2.45) is 0 Å². The maximum Gasteiger partial charge on any atom is 1.00 e. The molecule has 0 aliphatic carbocycles. The van der Waals surface area contributed by atoms with Crippen molar-refractivity contribution < 1.29 is 25.7 Å². The van der Waals surface area contributed by atoms with Gasteiger partial charge in [0.25, 0.3) is 0 Å². The molecule has 0 unspecified atom stereocenters. The highest BCUT2D eigenvalue weighted by Gasteiger charge is 1.97. The minimum atomic E-state index is -1.55. The molecule has 0 saturated heterocycles. The summed E-state index contributed by atoms with van der Waals surface area (Å²) in [4.78, 5) is 18.8. The van der Waals surface area contributed by atoms with E-state index in [1.54, 1.807) is 0 Å². The van der Waals surface area contributed by atoms with Crippen LogP contribution in [0, 0.1) is 0 Å². The van der Waals surface area contributed by atoms with Crippen molar-refractivity contribution in [3.63, 3.8) is 0 Å². The first kappa shape index (κ1) is 15.1. The summed E-state index contributed by atoms with van der Waals surface area (Å²) in [6, 6.07) is 0. The molecular formula is C9H17NO4. The molecule has 0 N–H and O–H groups in total. The Labute approximate surface area is 85.3 Å². The molecular weight excluding hydrogens is 186 g/mol. The van der Waals surface area contributed by atoms with Crippen molar-refractivity contribution in [1.29, 1.82) is 0 Å². The Morgan fingerprint density at radius 1 is 1.14 bits per heavy atom. The molecule has 0 bridgehead atoms. The molecule has 0 rings (SSSR count). The zero-order valence-electron chi connectivity index (χ0n) is 9.94. The SMILES string of the molecule is CC[N+](C)(C)C.O=C([O-])/C=C/C(=O)[O-].[H+]. The highest BCUT2D eigenvalue weighted by Crippen LogP contribution is 1.83. The second-order valence-electron chi connectivity index (χ2n) is 3.58. The van der Waals surface area contributed by atoms with Crippen molar-refractivity contribution in [3.8, 4) is 0 Å². The van der Waals surface area contributed by atoms with Gasteiger partial charge in [-0.15, -0.1) is 0 Å². The molecule has 0 saturated carbocycles. The van der Waals surface area contributed by atoms with E-state index < -0.39 is 11.9 Å². The summed E-state index contributed by atoms with van der Waals surface area (Å²) in [6.45, 7) is 3.39. The summed E-state index contributed by atoms with van der Waals surface area (Å²) in [6.07, 6.45) is 0.769. The van der Waals surface area contributed by atoms with Gasteiger partial charge in [-0.2, -0.15) is 0 Å². The number of hydrogen-bond acceptors (Lipinski definition) is 4. The van der Waals surface area contributed by atoms with E-state index in [0.29, 0.717) is 12.2 Å². The van der Waals surface area contributed by atoms with Crippen molar-refractivity contribution in [2.75, 3.05) is 27.7 Å². The fourth-order valence-corrected chi connectivity index (χ4v) is 0.136. The third-order valence-corrected chi connectivity index (χ3v) is 1.30. The number of hydrogen-bond donors (Lipinski definition) is 0. The number of nitrogens with zero attached hydrogens (tertiary/aromatic N) is 1. The molecule has 0 aromatic heterocycles. The average molecular weight is 203 g/mol. The summed E-state index contributed by atoms with van der Waals surface area (Å²) in [5.41, 5.74) is 0. The molecule has 0 aromatic carbocycles. The van der Waals surface area contributed by atoms with E-state index in [2.05, 4.69) is 28.1 Å². The molecule has 0 aliphatic heterocycles. The number of carboxylic acids is 2. The van der Waals surface area contributed by atoms with E-state index in [-0.39, 0.29) is 1.43 Å². The molecule has 0 radical (unpaired) electrons. The van der Waals surface area contributed by atoms with Gasteiger partial charge in [-0.25, -0.2) is 0 Å². The molecule has 0 atom stereocenters. The lowest BCUT2D eigenvalue weighted by Gasteiger charge is -2.20. The number of rotatable bonds is 3.